The van der Waals surface area contributed by atoms with Crippen LogP contribution < -0.4 is 0 Å². The Morgan fingerprint density at radius 3 is 1.76 bits per heavy atom. The standard InChI is InChI=1S/C19H14ClN/c20-17-12-7-13-18(14-17)21-19(15-8-3-1-4-9-15)16-10-5-2-6-11-16/h1-14H. The molecule has 1 nitrogen and oxygen atoms in total. The van der Waals surface area contributed by atoms with Crippen molar-refractivity contribution in [2.75, 3.05) is 0 Å². The molecule has 0 spiro atoms. The van der Waals surface area contributed by atoms with Gasteiger partial charge in [0.2, 0.25) is 0 Å². The summed E-state index contributed by atoms with van der Waals surface area (Å²) in [6.45, 7) is 0. The molecule has 0 amide bonds. The molecule has 0 atom stereocenters. The molecule has 0 aliphatic heterocycles. The summed E-state index contributed by atoms with van der Waals surface area (Å²) >= 11 is 6.05. The maximum Gasteiger partial charge on any atom is 0.0781 e. The number of hydrogen-bond donors (Lipinski definition) is 0. The Bertz CT molecular complexity index is 707. The summed E-state index contributed by atoms with van der Waals surface area (Å²) in [5, 5.41) is 0.691. The van der Waals surface area contributed by atoms with Crippen molar-refractivity contribution in [1.82, 2.24) is 0 Å². The molecule has 0 unspecified atom stereocenters. The monoisotopic (exact) mass is 291 g/mol. The summed E-state index contributed by atoms with van der Waals surface area (Å²) in [4.78, 5) is 4.79. The summed E-state index contributed by atoms with van der Waals surface area (Å²) in [5.74, 6) is 0. The molecule has 0 aromatic heterocycles. The van der Waals surface area contributed by atoms with Gasteiger partial charge in [-0.3, -0.25) is 0 Å². The maximum atomic E-state index is 6.05. The summed E-state index contributed by atoms with van der Waals surface area (Å²) in [7, 11) is 0. The van der Waals surface area contributed by atoms with E-state index in [0.717, 1.165) is 22.5 Å². The van der Waals surface area contributed by atoms with Crippen LogP contribution in [0.4, 0.5) is 5.69 Å². The first kappa shape index (κ1) is 13.6. The van der Waals surface area contributed by atoms with E-state index in [4.69, 9.17) is 16.6 Å². The minimum Gasteiger partial charge on any atom is -0.248 e. The Morgan fingerprint density at radius 1 is 0.667 bits per heavy atom. The zero-order chi connectivity index (χ0) is 14.5. The van der Waals surface area contributed by atoms with Gasteiger partial charge >= 0.3 is 0 Å². The van der Waals surface area contributed by atoms with Crippen molar-refractivity contribution in [3.63, 3.8) is 0 Å². The zero-order valence-corrected chi connectivity index (χ0v) is 12.2. The van der Waals surface area contributed by atoms with Crippen molar-refractivity contribution < 1.29 is 0 Å². The predicted octanol–water partition coefficient (Wildman–Crippen LogP) is 5.51. The number of nitrogens with zero attached hydrogens (tertiary/aromatic N) is 1. The third-order valence-electron chi connectivity index (χ3n) is 3.14. The quantitative estimate of drug-likeness (QED) is 0.564. The molecule has 3 rings (SSSR count). The Hall–Kier alpha value is -2.38. The topological polar surface area (TPSA) is 12.4 Å². The van der Waals surface area contributed by atoms with E-state index in [1.54, 1.807) is 0 Å². The normalized spacial score (nSPS) is 10.1. The second kappa shape index (κ2) is 6.38. The first-order chi connectivity index (χ1) is 10.3. The lowest BCUT2D eigenvalue weighted by atomic mass is 10.0. The lowest BCUT2D eigenvalue weighted by Gasteiger charge is -2.07. The third kappa shape index (κ3) is 3.39. The van der Waals surface area contributed by atoms with E-state index in [9.17, 15) is 0 Å². The van der Waals surface area contributed by atoms with Crippen LogP contribution in [0, 0.1) is 0 Å². The molecule has 0 saturated heterocycles. The summed E-state index contributed by atoms with van der Waals surface area (Å²) in [6.07, 6.45) is 0. The predicted molar refractivity (Wildman–Crippen MR) is 89.6 cm³/mol. The first-order valence-corrected chi connectivity index (χ1v) is 7.16. The molecule has 21 heavy (non-hydrogen) atoms. The molecular weight excluding hydrogens is 278 g/mol. The fourth-order valence-corrected chi connectivity index (χ4v) is 2.35. The van der Waals surface area contributed by atoms with E-state index in [1.807, 2.05) is 60.7 Å². The molecule has 3 aromatic rings. The molecule has 0 saturated carbocycles. The van der Waals surface area contributed by atoms with Crippen LogP contribution in [0.2, 0.25) is 5.02 Å². The Balaban J connectivity index is 2.13. The second-order valence-corrected chi connectivity index (χ2v) is 5.11. The summed E-state index contributed by atoms with van der Waals surface area (Å²) in [5.41, 5.74) is 3.97. The third-order valence-corrected chi connectivity index (χ3v) is 3.38. The van der Waals surface area contributed by atoms with Gasteiger partial charge in [-0.2, -0.15) is 0 Å². The molecule has 0 fully saturated rings. The van der Waals surface area contributed by atoms with E-state index in [-0.39, 0.29) is 0 Å². The van der Waals surface area contributed by atoms with Crippen LogP contribution in [0.5, 0.6) is 0 Å². The van der Waals surface area contributed by atoms with Gasteiger partial charge in [-0.25, -0.2) is 4.99 Å². The van der Waals surface area contributed by atoms with Gasteiger partial charge in [-0.1, -0.05) is 78.3 Å². The molecule has 0 heterocycles. The molecular formula is C19H14ClN. The number of benzene rings is 3. The average molecular weight is 292 g/mol. The lowest BCUT2D eigenvalue weighted by Crippen LogP contribution is -2.02. The number of aliphatic imine (C=N–C) groups is 1. The first-order valence-electron chi connectivity index (χ1n) is 6.78. The molecule has 0 radical (unpaired) electrons. The van der Waals surface area contributed by atoms with Crippen LogP contribution in [-0.2, 0) is 0 Å². The minimum atomic E-state index is 0.691. The molecule has 0 aliphatic carbocycles. The highest BCUT2D eigenvalue weighted by atomic mass is 35.5. The van der Waals surface area contributed by atoms with Crippen molar-refractivity contribution in [2.45, 2.75) is 0 Å². The van der Waals surface area contributed by atoms with Gasteiger partial charge in [-0.15, -0.1) is 0 Å². The van der Waals surface area contributed by atoms with Crippen molar-refractivity contribution in [3.8, 4) is 0 Å². The smallest absolute Gasteiger partial charge is 0.0781 e. The van der Waals surface area contributed by atoms with Gasteiger partial charge in [0.1, 0.15) is 0 Å². The summed E-state index contributed by atoms with van der Waals surface area (Å²) in [6, 6.07) is 27.9. The molecule has 102 valence electrons. The van der Waals surface area contributed by atoms with E-state index >= 15 is 0 Å². The Morgan fingerprint density at radius 2 is 1.24 bits per heavy atom. The van der Waals surface area contributed by atoms with Gasteiger partial charge in [0.15, 0.2) is 0 Å². The molecule has 2 heteroatoms. The summed E-state index contributed by atoms with van der Waals surface area (Å²) < 4.78 is 0. The highest BCUT2D eigenvalue weighted by Crippen LogP contribution is 2.21. The maximum absolute atomic E-state index is 6.05. The minimum absolute atomic E-state index is 0.691. The van der Waals surface area contributed by atoms with Crippen molar-refractivity contribution in [2.24, 2.45) is 4.99 Å². The van der Waals surface area contributed by atoms with E-state index < -0.39 is 0 Å². The van der Waals surface area contributed by atoms with E-state index in [0.29, 0.717) is 5.02 Å². The van der Waals surface area contributed by atoms with Crippen LogP contribution in [0.1, 0.15) is 11.1 Å². The van der Waals surface area contributed by atoms with Crippen molar-refractivity contribution in [3.05, 3.63) is 101 Å². The van der Waals surface area contributed by atoms with Gasteiger partial charge < -0.3 is 0 Å². The molecule has 0 bridgehead atoms. The fraction of sp³-hybridized carbons (Fsp3) is 0. The van der Waals surface area contributed by atoms with Gasteiger partial charge in [0.25, 0.3) is 0 Å². The van der Waals surface area contributed by atoms with Crippen LogP contribution in [-0.4, -0.2) is 5.71 Å². The molecule has 0 aliphatic rings. The van der Waals surface area contributed by atoms with Crippen molar-refractivity contribution >= 4 is 23.0 Å². The highest BCUT2D eigenvalue weighted by Gasteiger charge is 2.06. The van der Waals surface area contributed by atoms with Gasteiger partial charge in [0.05, 0.1) is 11.4 Å². The van der Waals surface area contributed by atoms with Gasteiger partial charge in [0, 0.05) is 16.1 Å². The number of rotatable bonds is 3. The van der Waals surface area contributed by atoms with Crippen molar-refractivity contribution in [1.29, 1.82) is 0 Å². The fourth-order valence-electron chi connectivity index (χ4n) is 2.16. The zero-order valence-electron chi connectivity index (χ0n) is 11.4. The number of hydrogen-bond acceptors (Lipinski definition) is 1. The van der Waals surface area contributed by atoms with Gasteiger partial charge in [-0.05, 0) is 18.2 Å². The second-order valence-electron chi connectivity index (χ2n) is 4.67. The number of halogens is 1. The largest absolute Gasteiger partial charge is 0.248 e. The Kier molecular flexibility index (Phi) is 4.13. The molecule has 0 N–H and O–H groups in total. The van der Waals surface area contributed by atoms with Crippen LogP contribution in [0.15, 0.2) is 89.9 Å². The molecule has 3 aromatic carbocycles. The van der Waals surface area contributed by atoms with E-state index in [2.05, 4.69) is 24.3 Å². The van der Waals surface area contributed by atoms with E-state index in [1.165, 1.54) is 0 Å². The Labute approximate surface area is 129 Å². The highest BCUT2D eigenvalue weighted by molar-refractivity contribution is 6.30. The average Bonchev–Trinajstić information content (AvgIpc) is 2.54. The van der Waals surface area contributed by atoms with Crippen LogP contribution in [0.25, 0.3) is 0 Å². The lowest BCUT2D eigenvalue weighted by molar-refractivity contribution is 1.47. The van der Waals surface area contributed by atoms with Crippen LogP contribution in [0.3, 0.4) is 0 Å². The van der Waals surface area contributed by atoms with Crippen LogP contribution >= 0.6 is 11.6 Å². The SMILES string of the molecule is Clc1cccc(N=C(c2ccccc2)c2ccccc2)c1.